The van der Waals surface area contributed by atoms with Crippen LogP contribution in [-0.4, -0.2) is 18.1 Å². The molecule has 0 saturated carbocycles. The van der Waals surface area contributed by atoms with E-state index in [-0.39, 0.29) is 18.1 Å². The van der Waals surface area contributed by atoms with Crippen molar-refractivity contribution in [3.05, 3.63) is 23.8 Å². The minimum absolute atomic E-state index is 0.0233. The number of carbonyl (C=O) groups excluding carboxylic acids is 1. The maximum absolute atomic E-state index is 11.5. The van der Waals surface area contributed by atoms with Crippen LogP contribution in [-0.2, 0) is 4.79 Å². The summed E-state index contributed by atoms with van der Waals surface area (Å²) in [6.45, 7) is 7.69. The molecule has 4 heteroatoms. The van der Waals surface area contributed by atoms with E-state index in [2.05, 4.69) is 5.32 Å². The predicted octanol–water partition coefficient (Wildman–Crippen LogP) is 1.87. The molecule has 1 aromatic rings. The van der Waals surface area contributed by atoms with E-state index in [1.54, 1.807) is 6.07 Å². The average molecular weight is 236 g/mol. The van der Waals surface area contributed by atoms with Gasteiger partial charge in [-0.05, 0) is 45.4 Å². The number of ether oxygens (including phenoxy) is 1. The van der Waals surface area contributed by atoms with Crippen LogP contribution in [0.25, 0.3) is 0 Å². The normalized spacial score (nSPS) is 11.1. The second-order valence-electron chi connectivity index (χ2n) is 5.13. The number of benzene rings is 1. The van der Waals surface area contributed by atoms with Crippen molar-refractivity contribution in [1.29, 1.82) is 0 Å². The number of rotatable bonds is 3. The zero-order valence-corrected chi connectivity index (χ0v) is 10.8. The summed E-state index contributed by atoms with van der Waals surface area (Å²) >= 11 is 0. The van der Waals surface area contributed by atoms with Crippen molar-refractivity contribution in [1.82, 2.24) is 5.32 Å². The third-order valence-electron chi connectivity index (χ3n) is 2.04. The van der Waals surface area contributed by atoms with Crippen LogP contribution in [0.5, 0.6) is 5.75 Å². The maximum atomic E-state index is 11.5. The molecular formula is C13H20N2O2. The van der Waals surface area contributed by atoms with Gasteiger partial charge in [0.25, 0.3) is 5.91 Å². The lowest BCUT2D eigenvalue weighted by Crippen LogP contribution is -2.43. The largest absolute Gasteiger partial charge is 0.482 e. The molecule has 0 fully saturated rings. The highest BCUT2D eigenvalue weighted by atomic mass is 16.5. The molecule has 0 radical (unpaired) electrons. The number of anilines is 1. The highest BCUT2D eigenvalue weighted by Gasteiger charge is 2.14. The minimum Gasteiger partial charge on any atom is -0.482 e. The van der Waals surface area contributed by atoms with Crippen molar-refractivity contribution in [2.75, 3.05) is 12.3 Å². The monoisotopic (exact) mass is 236 g/mol. The lowest BCUT2D eigenvalue weighted by molar-refractivity contribution is -0.124. The number of amides is 1. The summed E-state index contributed by atoms with van der Waals surface area (Å²) in [5, 5.41) is 2.82. The Balaban J connectivity index is 2.53. The first-order chi connectivity index (χ1) is 7.78. The van der Waals surface area contributed by atoms with E-state index in [0.29, 0.717) is 11.4 Å². The molecule has 0 spiro atoms. The number of nitrogen functional groups attached to an aromatic ring is 1. The standard InChI is InChI=1S/C13H20N2O2/c1-9-5-6-11(10(14)7-9)17-8-12(16)15-13(2,3)4/h5-7H,8,14H2,1-4H3,(H,15,16). The molecule has 1 amide bonds. The van der Waals surface area contributed by atoms with Crippen LogP contribution in [0.2, 0.25) is 0 Å². The highest BCUT2D eigenvalue weighted by molar-refractivity contribution is 5.78. The second kappa shape index (κ2) is 5.08. The van der Waals surface area contributed by atoms with Gasteiger partial charge in [0, 0.05) is 5.54 Å². The second-order valence-corrected chi connectivity index (χ2v) is 5.13. The van der Waals surface area contributed by atoms with Gasteiger partial charge in [-0.1, -0.05) is 6.07 Å². The van der Waals surface area contributed by atoms with Gasteiger partial charge in [-0.25, -0.2) is 0 Å². The van der Waals surface area contributed by atoms with E-state index in [4.69, 9.17) is 10.5 Å². The van der Waals surface area contributed by atoms with Gasteiger partial charge >= 0.3 is 0 Å². The van der Waals surface area contributed by atoms with Gasteiger partial charge in [-0.2, -0.15) is 0 Å². The predicted molar refractivity (Wildman–Crippen MR) is 69.0 cm³/mol. The fraction of sp³-hybridized carbons (Fsp3) is 0.462. The molecule has 0 aliphatic heterocycles. The molecule has 0 aromatic heterocycles. The van der Waals surface area contributed by atoms with Crippen LogP contribution in [0.4, 0.5) is 5.69 Å². The van der Waals surface area contributed by atoms with Crippen molar-refractivity contribution in [3.8, 4) is 5.75 Å². The summed E-state index contributed by atoms with van der Waals surface area (Å²) in [5.74, 6) is 0.386. The summed E-state index contributed by atoms with van der Waals surface area (Å²) in [4.78, 5) is 11.5. The molecule has 94 valence electrons. The summed E-state index contributed by atoms with van der Waals surface area (Å²) in [5.41, 5.74) is 7.14. The molecule has 0 heterocycles. The Bertz CT molecular complexity index is 408. The summed E-state index contributed by atoms with van der Waals surface area (Å²) in [6, 6.07) is 5.49. The molecule has 1 rings (SSSR count). The van der Waals surface area contributed by atoms with Gasteiger partial charge in [0.05, 0.1) is 5.69 Å². The number of hydrogen-bond donors (Lipinski definition) is 2. The topological polar surface area (TPSA) is 64.3 Å². The summed E-state index contributed by atoms with van der Waals surface area (Å²) in [7, 11) is 0. The minimum atomic E-state index is -0.251. The Morgan fingerprint density at radius 3 is 2.59 bits per heavy atom. The van der Waals surface area contributed by atoms with Crippen LogP contribution in [0, 0.1) is 6.92 Å². The van der Waals surface area contributed by atoms with Gasteiger partial charge in [0.2, 0.25) is 0 Å². The van der Waals surface area contributed by atoms with Gasteiger partial charge in [-0.15, -0.1) is 0 Å². The van der Waals surface area contributed by atoms with Crippen LogP contribution >= 0.6 is 0 Å². The van der Waals surface area contributed by atoms with Crippen molar-refractivity contribution in [3.63, 3.8) is 0 Å². The van der Waals surface area contributed by atoms with Crippen molar-refractivity contribution >= 4 is 11.6 Å². The fourth-order valence-corrected chi connectivity index (χ4v) is 1.40. The molecule has 0 atom stereocenters. The van der Waals surface area contributed by atoms with Crippen LogP contribution in [0.3, 0.4) is 0 Å². The average Bonchev–Trinajstić information content (AvgIpc) is 2.13. The molecule has 0 aliphatic rings. The smallest absolute Gasteiger partial charge is 0.258 e. The summed E-state index contributed by atoms with van der Waals surface area (Å²) < 4.78 is 5.36. The number of nitrogens with two attached hydrogens (primary N) is 1. The Morgan fingerprint density at radius 2 is 2.06 bits per heavy atom. The van der Waals surface area contributed by atoms with E-state index in [1.807, 2.05) is 39.8 Å². The number of carbonyl (C=O) groups is 1. The first kappa shape index (κ1) is 13.4. The zero-order valence-electron chi connectivity index (χ0n) is 10.8. The molecule has 0 unspecified atom stereocenters. The van der Waals surface area contributed by atoms with Crippen LogP contribution in [0.1, 0.15) is 26.3 Å². The Morgan fingerprint density at radius 1 is 1.41 bits per heavy atom. The van der Waals surface area contributed by atoms with E-state index in [1.165, 1.54) is 0 Å². The van der Waals surface area contributed by atoms with E-state index >= 15 is 0 Å². The SMILES string of the molecule is Cc1ccc(OCC(=O)NC(C)(C)C)c(N)c1. The van der Waals surface area contributed by atoms with Crippen molar-refractivity contribution in [2.24, 2.45) is 0 Å². The molecule has 17 heavy (non-hydrogen) atoms. The van der Waals surface area contributed by atoms with Gasteiger partial charge in [0.1, 0.15) is 5.75 Å². The Kier molecular flexibility index (Phi) is 3.99. The first-order valence-corrected chi connectivity index (χ1v) is 5.58. The maximum Gasteiger partial charge on any atom is 0.258 e. The number of aryl methyl sites for hydroxylation is 1. The van der Waals surface area contributed by atoms with Gasteiger partial charge in [-0.3, -0.25) is 4.79 Å². The van der Waals surface area contributed by atoms with Gasteiger partial charge < -0.3 is 15.8 Å². The molecule has 1 aromatic carbocycles. The Hall–Kier alpha value is -1.71. The first-order valence-electron chi connectivity index (χ1n) is 5.58. The van der Waals surface area contributed by atoms with E-state index < -0.39 is 0 Å². The quantitative estimate of drug-likeness (QED) is 0.787. The van der Waals surface area contributed by atoms with E-state index in [9.17, 15) is 4.79 Å². The molecule has 0 aliphatic carbocycles. The van der Waals surface area contributed by atoms with E-state index in [0.717, 1.165) is 5.56 Å². The molecule has 3 N–H and O–H groups in total. The molecule has 0 bridgehead atoms. The molecule has 4 nitrogen and oxygen atoms in total. The van der Waals surface area contributed by atoms with Crippen molar-refractivity contribution in [2.45, 2.75) is 33.2 Å². The van der Waals surface area contributed by atoms with Crippen molar-refractivity contribution < 1.29 is 9.53 Å². The number of hydrogen-bond acceptors (Lipinski definition) is 3. The Labute approximate surface area is 102 Å². The highest BCUT2D eigenvalue weighted by Crippen LogP contribution is 2.21. The molecule has 0 saturated heterocycles. The lowest BCUT2D eigenvalue weighted by Gasteiger charge is -2.20. The van der Waals surface area contributed by atoms with Gasteiger partial charge in [0.15, 0.2) is 6.61 Å². The third-order valence-corrected chi connectivity index (χ3v) is 2.04. The van der Waals surface area contributed by atoms with Crippen LogP contribution < -0.4 is 15.8 Å². The third kappa shape index (κ3) is 4.76. The fourth-order valence-electron chi connectivity index (χ4n) is 1.40. The lowest BCUT2D eigenvalue weighted by atomic mass is 10.1. The molecular weight excluding hydrogens is 216 g/mol. The zero-order chi connectivity index (χ0) is 13.1. The summed E-state index contributed by atoms with van der Waals surface area (Å²) in [6.07, 6.45) is 0. The number of nitrogens with one attached hydrogen (secondary N) is 1. The van der Waals surface area contributed by atoms with Crippen LogP contribution in [0.15, 0.2) is 18.2 Å².